The van der Waals surface area contributed by atoms with Gasteiger partial charge in [0.25, 0.3) is 0 Å². The lowest BCUT2D eigenvalue weighted by Gasteiger charge is -2.14. The van der Waals surface area contributed by atoms with E-state index in [2.05, 4.69) is 16.4 Å². The van der Waals surface area contributed by atoms with Crippen LogP contribution in [0.5, 0.6) is 0 Å². The average Bonchev–Trinajstić information content (AvgIpc) is 2.94. The molecule has 0 atom stereocenters. The molecule has 1 N–H and O–H groups in total. The lowest BCUT2D eigenvalue weighted by atomic mass is 10.2. The van der Waals surface area contributed by atoms with Gasteiger partial charge in [-0.25, -0.2) is 4.98 Å². The van der Waals surface area contributed by atoms with Gasteiger partial charge in [0.2, 0.25) is 5.91 Å². The van der Waals surface area contributed by atoms with Crippen LogP contribution in [0.4, 0.5) is 10.8 Å². The maximum absolute atomic E-state index is 11.5. The Labute approximate surface area is 127 Å². The molecule has 0 bridgehead atoms. The molecule has 2 rings (SSSR count). The fourth-order valence-corrected chi connectivity index (χ4v) is 2.78. The minimum Gasteiger partial charge on any atom is -0.379 e. The summed E-state index contributed by atoms with van der Waals surface area (Å²) in [5.74, 6) is -0.00143. The number of hydrogen-bond acceptors (Lipinski definition) is 5. The van der Waals surface area contributed by atoms with Gasteiger partial charge in [-0.3, -0.25) is 9.69 Å². The molecular formula is C15H16N4OS. The van der Waals surface area contributed by atoms with Gasteiger partial charge in [0.1, 0.15) is 0 Å². The van der Waals surface area contributed by atoms with Crippen molar-refractivity contribution in [1.82, 2.24) is 4.98 Å². The second kappa shape index (κ2) is 6.86. The Morgan fingerprint density at radius 3 is 2.71 bits per heavy atom. The lowest BCUT2D eigenvalue weighted by molar-refractivity contribution is -0.116. The zero-order valence-corrected chi connectivity index (χ0v) is 12.8. The summed E-state index contributed by atoms with van der Waals surface area (Å²) in [4.78, 5) is 17.6. The molecule has 1 amide bonds. The number of hydrogen-bond donors (Lipinski definition) is 1. The number of carbonyl (C=O) groups excluding carboxylic acids is 1. The molecule has 0 aliphatic carbocycles. The summed E-state index contributed by atoms with van der Waals surface area (Å²) in [6.45, 7) is 4.67. The molecule has 0 fully saturated rings. The molecule has 6 heteroatoms. The molecule has 1 aromatic carbocycles. The Bertz CT molecular complexity index is 657. The van der Waals surface area contributed by atoms with Gasteiger partial charge >= 0.3 is 0 Å². The SMILES string of the molecule is CCN(C(C)=O)c1nc(CNc2ccc(C#N)cc2)cs1. The van der Waals surface area contributed by atoms with Crippen LogP contribution in [-0.4, -0.2) is 17.4 Å². The summed E-state index contributed by atoms with van der Waals surface area (Å²) in [6.07, 6.45) is 0. The number of rotatable bonds is 5. The quantitative estimate of drug-likeness (QED) is 0.921. The maximum atomic E-state index is 11.5. The van der Waals surface area contributed by atoms with Gasteiger partial charge in [-0.15, -0.1) is 11.3 Å². The van der Waals surface area contributed by atoms with Crippen molar-refractivity contribution < 1.29 is 4.79 Å². The normalized spacial score (nSPS) is 9.95. The molecule has 0 unspecified atom stereocenters. The fourth-order valence-electron chi connectivity index (χ4n) is 1.85. The minimum atomic E-state index is -0.00143. The van der Waals surface area contributed by atoms with E-state index in [1.165, 1.54) is 11.3 Å². The van der Waals surface area contributed by atoms with Crippen molar-refractivity contribution in [3.05, 3.63) is 40.9 Å². The van der Waals surface area contributed by atoms with Crippen molar-refractivity contribution in [3.63, 3.8) is 0 Å². The molecule has 0 aliphatic heterocycles. The number of amides is 1. The molecule has 5 nitrogen and oxygen atoms in total. The second-order valence-corrected chi connectivity index (χ2v) is 5.26. The summed E-state index contributed by atoms with van der Waals surface area (Å²) in [7, 11) is 0. The van der Waals surface area contributed by atoms with Gasteiger partial charge in [0.15, 0.2) is 5.13 Å². The molecule has 108 valence electrons. The first kappa shape index (κ1) is 15.0. The predicted octanol–water partition coefficient (Wildman–Crippen LogP) is 3.00. The summed E-state index contributed by atoms with van der Waals surface area (Å²) in [5.41, 5.74) is 2.46. The molecule has 1 aromatic heterocycles. The van der Waals surface area contributed by atoms with E-state index in [1.807, 2.05) is 24.4 Å². The maximum Gasteiger partial charge on any atom is 0.225 e. The molecule has 21 heavy (non-hydrogen) atoms. The standard InChI is InChI=1S/C15H16N4OS/c1-3-19(11(2)20)15-18-14(10-21-15)9-17-13-6-4-12(8-16)5-7-13/h4-7,10,17H,3,9H2,1-2H3. The van der Waals surface area contributed by atoms with Crippen molar-refractivity contribution in [2.45, 2.75) is 20.4 Å². The zero-order chi connectivity index (χ0) is 15.2. The Morgan fingerprint density at radius 1 is 1.43 bits per heavy atom. The van der Waals surface area contributed by atoms with E-state index in [-0.39, 0.29) is 5.91 Å². The van der Waals surface area contributed by atoms with Gasteiger partial charge in [-0.1, -0.05) is 0 Å². The summed E-state index contributed by atoms with van der Waals surface area (Å²) in [5, 5.41) is 14.7. The first-order chi connectivity index (χ1) is 10.1. The lowest BCUT2D eigenvalue weighted by Crippen LogP contribution is -2.27. The Hall–Kier alpha value is -2.39. The van der Waals surface area contributed by atoms with E-state index < -0.39 is 0 Å². The topological polar surface area (TPSA) is 69.0 Å². The monoisotopic (exact) mass is 300 g/mol. The van der Waals surface area contributed by atoms with E-state index in [1.54, 1.807) is 24.0 Å². The molecule has 2 aromatic rings. The van der Waals surface area contributed by atoms with E-state index in [0.29, 0.717) is 18.7 Å². The van der Waals surface area contributed by atoms with E-state index in [4.69, 9.17) is 5.26 Å². The number of nitriles is 1. The highest BCUT2D eigenvalue weighted by Gasteiger charge is 2.13. The van der Waals surface area contributed by atoms with Crippen LogP contribution in [0.25, 0.3) is 0 Å². The highest BCUT2D eigenvalue weighted by molar-refractivity contribution is 7.14. The van der Waals surface area contributed by atoms with E-state index in [9.17, 15) is 4.79 Å². The summed E-state index contributed by atoms with van der Waals surface area (Å²) in [6, 6.07) is 9.34. The van der Waals surface area contributed by atoms with E-state index in [0.717, 1.165) is 16.5 Å². The third-order valence-electron chi connectivity index (χ3n) is 2.95. The third kappa shape index (κ3) is 3.80. The van der Waals surface area contributed by atoms with Crippen molar-refractivity contribution in [2.75, 3.05) is 16.8 Å². The van der Waals surface area contributed by atoms with E-state index >= 15 is 0 Å². The van der Waals surface area contributed by atoms with Crippen molar-refractivity contribution in [3.8, 4) is 6.07 Å². The van der Waals surface area contributed by atoms with Crippen LogP contribution in [0.2, 0.25) is 0 Å². The second-order valence-electron chi connectivity index (χ2n) is 4.43. The van der Waals surface area contributed by atoms with Crippen LogP contribution < -0.4 is 10.2 Å². The molecule has 0 spiro atoms. The molecule has 0 aliphatic rings. The number of anilines is 2. The summed E-state index contributed by atoms with van der Waals surface area (Å²) >= 11 is 1.46. The number of nitrogens with one attached hydrogen (secondary N) is 1. The molecular weight excluding hydrogens is 284 g/mol. The average molecular weight is 300 g/mol. The van der Waals surface area contributed by atoms with Crippen LogP contribution in [0, 0.1) is 11.3 Å². The predicted molar refractivity (Wildman–Crippen MR) is 84.3 cm³/mol. The number of carbonyl (C=O) groups is 1. The van der Waals surface area contributed by atoms with Crippen molar-refractivity contribution in [1.29, 1.82) is 5.26 Å². The molecule has 0 radical (unpaired) electrons. The molecule has 0 saturated carbocycles. The van der Waals surface area contributed by atoms with Crippen LogP contribution in [0.1, 0.15) is 25.1 Å². The number of benzene rings is 1. The fraction of sp³-hybridized carbons (Fsp3) is 0.267. The van der Waals surface area contributed by atoms with Crippen LogP contribution in [0.15, 0.2) is 29.6 Å². The smallest absolute Gasteiger partial charge is 0.225 e. The minimum absolute atomic E-state index is 0.00143. The first-order valence-corrected chi connectivity index (χ1v) is 7.48. The van der Waals surface area contributed by atoms with Gasteiger partial charge in [0, 0.05) is 24.5 Å². The van der Waals surface area contributed by atoms with Gasteiger partial charge in [-0.05, 0) is 31.2 Å². The van der Waals surface area contributed by atoms with Crippen LogP contribution in [0.3, 0.4) is 0 Å². The highest BCUT2D eigenvalue weighted by Crippen LogP contribution is 2.21. The highest BCUT2D eigenvalue weighted by atomic mass is 32.1. The number of aromatic nitrogens is 1. The van der Waals surface area contributed by atoms with Gasteiger partial charge in [0.05, 0.1) is 23.9 Å². The molecule has 0 saturated heterocycles. The zero-order valence-electron chi connectivity index (χ0n) is 12.0. The van der Waals surface area contributed by atoms with Crippen molar-refractivity contribution in [2.24, 2.45) is 0 Å². The number of nitrogens with zero attached hydrogens (tertiary/aromatic N) is 3. The Morgan fingerprint density at radius 2 is 2.14 bits per heavy atom. The largest absolute Gasteiger partial charge is 0.379 e. The molecule has 1 heterocycles. The summed E-state index contributed by atoms with van der Waals surface area (Å²) < 4.78 is 0. The third-order valence-corrected chi connectivity index (χ3v) is 3.87. The van der Waals surface area contributed by atoms with Crippen molar-refractivity contribution >= 4 is 28.1 Å². The van der Waals surface area contributed by atoms with Gasteiger partial charge < -0.3 is 5.32 Å². The Kier molecular flexibility index (Phi) is 4.90. The first-order valence-electron chi connectivity index (χ1n) is 6.60. The number of thiazole rings is 1. The van der Waals surface area contributed by atoms with Crippen LogP contribution >= 0.6 is 11.3 Å². The van der Waals surface area contributed by atoms with Gasteiger partial charge in [-0.2, -0.15) is 5.26 Å². The van der Waals surface area contributed by atoms with Crippen LogP contribution in [-0.2, 0) is 11.3 Å². The Balaban J connectivity index is 1.99.